The van der Waals surface area contributed by atoms with Crippen LogP contribution >= 0.6 is 0 Å². The number of aromatic nitrogens is 1. The summed E-state index contributed by atoms with van der Waals surface area (Å²) in [6.45, 7) is 1.79. The Hall–Kier alpha value is -1.81. The predicted octanol–water partition coefficient (Wildman–Crippen LogP) is 3.01. The number of rotatable bonds is 1. The summed E-state index contributed by atoms with van der Waals surface area (Å²) in [4.78, 5) is 6.70. The van der Waals surface area contributed by atoms with Gasteiger partial charge in [-0.2, -0.15) is 0 Å². The van der Waals surface area contributed by atoms with Crippen LogP contribution in [0, 0.1) is 11.6 Å². The van der Waals surface area contributed by atoms with E-state index in [0.717, 1.165) is 42.9 Å². The standard InChI is InChI=1S/C15H14F2N2/c1-19-7-6-14-10(9-19)2-5-15(18-14)12-8-11(16)3-4-13(12)17/h2-5,8H,6-7,9H2,1H3. The molecular formula is C15H14F2N2. The number of hydrogen-bond acceptors (Lipinski definition) is 2. The van der Waals surface area contributed by atoms with Gasteiger partial charge in [-0.05, 0) is 36.9 Å². The van der Waals surface area contributed by atoms with Crippen molar-refractivity contribution in [3.8, 4) is 11.3 Å². The lowest BCUT2D eigenvalue weighted by atomic mass is 10.0. The van der Waals surface area contributed by atoms with Crippen molar-refractivity contribution in [2.75, 3.05) is 13.6 Å². The van der Waals surface area contributed by atoms with E-state index in [-0.39, 0.29) is 5.56 Å². The Morgan fingerprint density at radius 1 is 1.16 bits per heavy atom. The molecule has 1 aliphatic rings. The molecular weight excluding hydrogens is 246 g/mol. The van der Waals surface area contributed by atoms with Gasteiger partial charge in [0.1, 0.15) is 11.6 Å². The molecule has 0 saturated heterocycles. The van der Waals surface area contributed by atoms with Crippen molar-refractivity contribution in [3.05, 3.63) is 53.2 Å². The van der Waals surface area contributed by atoms with Gasteiger partial charge < -0.3 is 4.90 Å². The van der Waals surface area contributed by atoms with E-state index in [9.17, 15) is 8.78 Å². The lowest BCUT2D eigenvalue weighted by Crippen LogP contribution is -2.27. The number of nitrogens with zero attached hydrogens (tertiary/aromatic N) is 2. The van der Waals surface area contributed by atoms with Gasteiger partial charge in [-0.3, -0.25) is 4.98 Å². The molecule has 2 nitrogen and oxygen atoms in total. The van der Waals surface area contributed by atoms with Crippen LogP contribution < -0.4 is 0 Å². The molecule has 1 aromatic heterocycles. The highest BCUT2D eigenvalue weighted by Gasteiger charge is 2.16. The van der Waals surface area contributed by atoms with Crippen molar-refractivity contribution < 1.29 is 8.78 Å². The average Bonchev–Trinajstić information content (AvgIpc) is 2.41. The summed E-state index contributed by atoms with van der Waals surface area (Å²) < 4.78 is 27.0. The molecule has 0 atom stereocenters. The molecule has 3 rings (SSSR count). The first-order valence-electron chi connectivity index (χ1n) is 6.26. The third-order valence-corrected chi connectivity index (χ3v) is 3.44. The molecule has 19 heavy (non-hydrogen) atoms. The lowest BCUT2D eigenvalue weighted by Gasteiger charge is -2.24. The highest BCUT2D eigenvalue weighted by molar-refractivity contribution is 5.60. The Bertz CT molecular complexity index is 626. The molecule has 0 radical (unpaired) electrons. The van der Waals surface area contributed by atoms with E-state index < -0.39 is 11.6 Å². The first-order chi connectivity index (χ1) is 9.13. The fourth-order valence-electron chi connectivity index (χ4n) is 2.40. The highest BCUT2D eigenvalue weighted by Crippen LogP contribution is 2.25. The lowest BCUT2D eigenvalue weighted by molar-refractivity contribution is 0.310. The summed E-state index contributed by atoms with van der Waals surface area (Å²) >= 11 is 0. The van der Waals surface area contributed by atoms with Crippen LogP contribution in [0.2, 0.25) is 0 Å². The maximum absolute atomic E-state index is 13.7. The van der Waals surface area contributed by atoms with Crippen LogP contribution in [0.25, 0.3) is 11.3 Å². The first-order valence-corrected chi connectivity index (χ1v) is 6.26. The highest BCUT2D eigenvalue weighted by atomic mass is 19.1. The SMILES string of the molecule is CN1CCc2nc(-c3cc(F)ccc3F)ccc2C1. The first kappa shape index (κ1) is 12.2. The summed E-state index contributed by atoms with van der Waals surface area (Å²) in [5, 5.41) is 0. The van der Waals surface area contributed by atoms with Crippen LogP contribution in [0.5, 0.6) is 0 Å². The third kappa shape index (κ3) is 2.36. The van der Waals surface area contributed by atoms with E-state index in [4.69, 9.17) is 0 Å². The fourth-order valence-corrected chi connectivity index (χ4v) is 2.40. The molecule has 2 aromatic rings. The van der Waals surface area contributed by atoms with Gasteiger partial charge in [0.15, 0.2) is 0 Å². The van der Waals surface area contributed by atoms with Crippen LogP contribution in [0.15, 0.2) is 30.3 Å². The van der Waals surface area contributed by atoms with Gasteiger partial charge >= 0.3 is 0 Å². The molecule has 0 bridgehead atoms. The van der Waals surface area contributed by atoms with Crippen molar-refractivity contribution >= 4 is 0 Å². The van der Waals surface area contributed by atoms with E-state index in [0.29, 0.717) is 5.69 Å². The Morgan fingerprint density at radius 2 is 2.00 bits per heavy atom. The quantitative estimate of drug-likeness (QED) is 0.783. The zero-order valence-corrected chi connectivity index (χ0v) is 10.7. The molecule has 0 N–H and O–H groups in total. The molecule has 0 amide bonds. The minimum atomic E-state index is -0.448. The van der Waals surface area contributed by atoms with Crippen molar-refractivity contribution in [1.82, 2.24) is 9.88 Å². The van der Waals surface area contributed by atoms with Crippen molar-refractivity contribution in [1.29, 1.82) is 0 Å². The second-order valence-electron chi connectivity index (χ2n) is 4.91. The molecule has 0 aliphatic carbocycles. The molecule has 1 aromatic carbocycles. The average molecular weight is 260 g/mol. The summed E-state index contributed by atoms with van der Waals surface area (Å²) in [5.74, 6) is -0.891. The molecule has 1 aliphatic heterocycles. The molecule has 0 saturated carbocycles. The number of fused-ring (bicyclic) bond motifs is 1. The van der Waals surface area contributed by atoms with Gasteiger partial charge in [-0.1, -0.05) is 6.07 Å². The van der Waals surface area contributed by atoms with Gasteiger partial charge in [0.05, 0.1) is 5.69 Å². The molecule has 0 spiro atoms. The summed E-state index contributed by atoms with van der Waals surface area (Å²) in [7, 11) is 2.06. The van der Waals surface area contributed by atoms with Gasteiger partial charge in [-0.15, -0.1) is 0 Å². The Kier molecular flexibility index (Phi) is 3.03. The van der Waals surface area contributed by atoms with Crippen LogP contribution in [0.1, 0.15) is 11.3 Å². The zero-order chi connectivity index (χ0) is 13.4. The van der Waals surface area contributed by atoms with E-state index in [1.807, 2.05) is 6.07 Å². The third-order valence-electron chi connectivity index (χ3n) is 3.44. The number of pyridine rings is 1. The monoisotopic (exact) mass is 260 g/mol. The molecule has 2 heterocycles. The maximum Gasteiger partial charge on any atom is 0.132 e. The number of halogens is 2. The Morgan fingerprint density at radius 3 is 2.84 bits per heavy atom. The van der Waals surface area contributed by atoms with E-state index in [1.54, 1.807) is 6.07 Å². The largest absolute Gasteiger partial charge is 0.302 e. The van der Waals surface area contributed by atoms with Crippen molar-refractivity contribution in [2.45, 2.75) is 13.0 Å². The number of hydrogen-bond donors (Lipinski definition) is 0. The summed E-state index contributed by atoms with van der Waals surface area (Å²) in [5.41, 5.74) is 2.87. The maximum atomic E-state index is 13.7. The van der Waals surface area contributed by atoms with E-state index in [1.165, 1.54) is 6.07 Å². The predicted molar refractivity (Wildman–Crippen MR) is 69.6 cm³/mol. The summed E-state index contributed by atoms with van der Waals surface area (Å²) in [6, 6.07) is 7.16. The Labute approximate surface area is 110 Å². The van der Waals surface area contributed by atoms with Crippen molar-refractivity contribution in [3.63, 3.8) is 0 Å². The van der Waals surface area contributed by atoms with Gasteiger partial charge in [-0.25, -0.2) is 8.78 Å². The van der Waals surface area contributed by atoms with Crippen molar-refractivity contribution in [2.24, 2.45) is 0 Å². The van der Waals surface area contributed by atoms with Crippen LogP contribution in [0.3, 0.4) is 0 Å². The minimum absolute atomic E-state index is 0.224. The summed E-state index contributed by atoms with van der Waals surface area (Å²) in [6.07, 6.45) is 0.844. The van der Waals surface area contributed by atoms with Gasteiger partial charge in [0.25, 0.3) is 0 Å². The van der Waals surface area contributed by atoms with Crippen LogP contribution in [0.4, 0.5) is 8.78 Å². The fraction of sp³-hybridized carbons (Fsp3) is 0.267. The van der Waals surface area contributed by atoms with Gasteiger partial charge in [0.2, 0.25) is 0 Å². The molecule has 0 fully saturated rings. The topological polar surface area (TPSA) is 16.1 Å². The smallest absolute Gasteiger partial charge is 0.132 e. The van der Waals surface area contributed by atoms with E-state index >= 15 is 0 Å². The molecule has 0 unspecified atom stereocenters. The number of benzene rings is 1. The Balaban J connectivity index is 2.05. The van der Waals surface area contributed by atoms with Gasteiger partial charge in [0, 0.05) is 30.8 Å². The minimum Gasteiger partial charge on any atom is -0.302 e. The normalized spacial score (nSPS) is 15.3. The number of likely N-dealkylation sites (N-methyl/N-ethyl adjacent to an activating group) is 1. The van der Waals surface area contributed by atoms with E-state index in [2.05, 4.69) is 16.9 Å². The second kappa shape index (κ2) is 4.70. The second-order valence-corrected chi connectivity index (χ2v) is 4.91. The van der Waals surface area contributed by atoms with Crippen LogP contribution in [-0.4, -0.2) is 23.5 Å². The zero-order valence-electron chi connectivity index (χ0n) is 10.7. The molecule has 98 valence electrons. The molecule has 4 heteroatoms. The van der Waals surface area contributed by atoms with Crippen LogP contribution in [-0.2, 0) is 13.0 Å².